The summed E-state index contributed by atoms with van der Waals surface area (Å²) in [7, 11) is 0. The van der Waals surface area contributed by atoms with Gasteiger partial charge in [-0.1, -0.05) is 13.8 Å². The van der Waals surface area contributed by atoms with Crippen LogP contribution in [0.2, 0.25) is 0 Å². The van der Waals surface area contributed by atoms with Gasteiger partial charge in [0.1, 0.15) is 5.82 Å². The normalized spacial score (nSPS) is 14.3. The number of carbonyl (C=O) groups excluding carboxylic acids is 1. The Bertz CT molecular complexity index is 510. The van der Waals surface area contributed by atoms with E-state index in [1.807, 2.05) is 0 Å². The van der Waals surface area contributed by atoms with E-state index in [4.69, 9.17) is 5.73 Å². The zero-order chi connectivity index (χ0) is 15.4. The first-order valence-corrected chi connectivity index (χ1v) is 7.68. The van der Waals surface area contributed by atoms with Gasteiger partial charge in [0.05, 0.1) is 11.3 Å². The maximum atomic E-state index is 14.1. The molecule has 21 heavy (non-hydrogen) atoms. The summed E-state index contributed by atoms with van der Waals surface area (Å²) in [5.74, 6) is -0.397. The van der Waals surface area contributed by atoms with Crippen LogP contribution in [0.25, 0.3) is 0 Å². The smallest absolute Gasteiger partial charge is 0.250 e. The Balaban J connectivity index is 2.24. The molecule has 0 radical (unpaired) electrons. The molecule has 0 unspecified atom stereocenters. The molecule has 2 rings (SSSR count). The highest BCUT2D eigenvalue weighted by Crippen LogP contribution is 2.31. The minimum Gasteiger partial charge on any atom is -0.382 e. The lowest BCUT2D eigenvalue weighted by molar-refractivity contribution is 0.100. The molecule has 0 aromatic heterocycles. The lowest BCUT2D eigenvalue weighted by Gasteiger charge is -2.20. The standard InChI is InChI=1S/C16H24FN3O/c1-3-11(4-2)20-14-8-15(19-9-10-5-6-10)13(17)7-12(14)16(18)21/h7-8,10-11,19-20H,3-6,9H2,1-2H3,(H2,18,21). The van der Waals surface area contributed by atoms with E-state index in [1.165, 1.54) is 18.9 Å². The van der Waals surface area contributed by atoms with Gasteiger partial charge in [0.15, 0.2) is 0 Å². The van der Waals surface area contributed by atoms with Crippen LogP contribution in [0.1, 0.15) is 49.9 Å². The SMILES string of the molecule is CCC(CC)Nc1cc(NCC2CC2)c(F)cc1C(N)=O. The molecular weight excluding hydrogens is 269 g/mol. The van der Waals surface area contributed by atoms with Gasteiger partial charge in [-0.15, -0.1) is 0 Å². The van der Waals surface area contributed by atoms with Crippen molar-refractivity contribution in [3.63, 3.8) is 0 Å². The van der Waals surface area contributed by atoms with Crippen LogP contribution in [0.4, 0.5) is 15.8 Å². The van der Waals surface area contributed by atoms with Crippen molar-refractivity contribution in [3.05, 3.63) is 23.5 Å². The predicted octanol–water partition coefficient (Wildman–Crippen LogP) is 3.35. The quantitative estimate of drug-likeness (QED) is 0.688. The maximum Gasteiger partial charge on any atom is 0.250 e. The average Bonchev–Trinajstić information content (AvgIpc) is 3.28. The lowest BCUT2D eigenvalue weighted by Crippen LogP contribution is -2.22. The zero-order valence-corrected chi connectivity index (χ0v) is 12.7. The van der Waals surface area contributed by atoms with Gasteiger partial charge < -0.3 is 16.4 Å². The number of amides is 1. The molecule has 1 aliphatic carbocycles. The largest absolute Gasteiger partial charge is 0.382 e. The van der Waals surface area contributed by atoms with Crippen LogP contribution in [-0.4, -0.2) is 18.5 Å². The molecule has 1 amide bonds. The minimum atomic E-state index is -0.615. The summed E-state index contributed by atoms with van der Waals surface area (Å²) in [4.78, 5) is 11.5. The third kappa shape index (κ3) is 4.09. The van der Waals surface area contributed by atoms with Gasteiger partial charge in [-0.3, -0.25) is 4.79 Å². The fourth-order valence-corrected chi connectivity index (χ4v) is 2.32. The first-order chi connectivity index (χ1) is 10.0. The highest BCUT2D eigenvalue weighted by Gasteiger charge is 2.22. The van der Waals surface area contributed by atoms with Gasteiger partial charge in [-0.25, -0.2) is 4.39 Å². The van der Waals surface area contributed by atoms with Crippen molar-refractivity contribution in [2.75, 3.05) is 17.2 Å². The number of carbonyl (C=O) groups is 1. The summed E-state index contributed by atoms with van der Waals surface area (Å²) in [5, 5.41) is 6.42. The molecule has 0 atom stereocenters. The van der Waals surface area contributed by atoms with Crippen LogP contribution in [0, 0.1) is 11.7 Å². The minimum absolute atomic E-state index is 0.205. The van der Waals surface area contributed by atoms with E-state index in [1.54, 1.807) is 6.07 Å². The Morgan fingerprint density at radius 1 is 1.33 bits per heavy atom. The van der Waals surface area contributed by atoms with Gasteiger partial charge in [-0.05, 0) is 43.7 Å². The van der Waals surface area contributed by atoms with Crippen molar-refractivity contribution in [2.24, 2.45) is 11.7 Å². The Kier molecular flexibility index (Phi) is 5.04. The number of primary amides is 1. The average molecular weight is 293 g/mol. The van der Waals surface area contributed by atoms with Crippen molar-refractivity contribution >= 4 is 17.3 Å². The van der Waals surface area contributed by atoms with E-state index in [9.17, 15) is 9.18 Å². The van der Waals surface area contributed by atoms with Crippen LogP contribution < -0.4 is 16.4 Å². The van der Waals surface area contributed by atoms with Crippen LogP contribution in [-0.2, 0) is 0 Å². The van der Waals surface area contributed by atoms with Crippen LogP contribution >= 0.6 is 0 Å². The van der Waals surface area contributed by atoms with Gasteiger partial charge in [0.25, 0.3) is 5.91 Å². The fourth-order valence-electron chi connectivity index (χ4n) is 2.32. The molecule has 116 valence electrons. The third-order valence-corrected chi connectivity index (χ3v) is 4.00. The monoisotopic (exact) mass is 293 g/mol. The van der Waals surface area contributed by atoms with E-state index in [2.05, 4.69) is 24.5 Å². The van der Waals surface area contributed by atoms with Crippen molar-refractivity contribution in [3.8, 4) is 0 Å². The number of nitrogens with two attached hydrogens (primary N) is 1. The summed E-state index contributed by atoms with van der Waals surface area (Å²) in [6, 6.07) is 3.13. The van der Waals surface area contributed by atoms with E-state index in [0.29, 0.717) is 17.3 Å². The van der Waals surface area contributed by atoms with Crippen LogP contribution in [0.3, 0.4) is 0 Å². The van der Waals surface area contributed by atoms with Crippen molar-refractivity contribution in [2.45, 2.75) is 45.6 Å². The molecular formula is C16H24FN3O. The number of hydrogen-bond donors (Lipinski definition) is 3. The second-order valence-corrected chi connectivity index (χ2v) is 5.72. The molecule has 1 aromatic rings. The maximum absolute atomic E-state index is 14.1. The molecule has 1 fully saturated rings. The fraction of sp³-hybridized carbons (Fsp3) is 0.562. The van der Waals surface area contributed by atoms with E-state index in [-0.39, 0.29) is 11.6 Å². The molecule has 0 saturated heterocycles. The van der Waals surface area contributed by atoms with Gasteiger partial charge in [0.2, 0.25) is 0 Å². The van der Waals surface area contributed by atoms with E-state index in [0.717, 1.165) is 19.4 Å². The number of rotatable bonds is 8. The predicted molar refractivity (Wildman–Crippen MR) is 84.1 cm³/mol. The molecule has 1 aromatic carbocycles. The summed E-state index contributed by atoms with van der Waals surface area (Å²) in [5.41, 5.74) is 6.60. The van der Waals surface area contributed by atoms with Crippen molar-refractivity contribution in [1.29, 1.82) is 0 Å². The van der Waals surface area contributed by atoms with Crippen molar-refractivity contribution < 1.29 is 9.18 Å². The number of nitrogens with one attached hydrogen (secondary N) is 2. The molecule has 0 spiro atoms. The first-order valence-electron chi connectivity index (χ1n) is 7.68. The van der Waals surface area contributed by atoms with Gasteiger partial charge in [0, 0.05) is 18.3 Å². The Morgan fingerprint density at radius 2 is 2.00 bits per heavy atom. The highest BCUT2D eigenvalue weighted by atomic mass is 19.1. The van der Waals surface area contributed by atoms with Crippen LogP contribution in [0.5, 0.6) is 0 Å². The van der Waals surface area contributed by atoms with Gasteiger partial charge >= 0.3 is 0 Å². The Hall–Kier alpha value is -1.78. The second-order valence-electron chi connectivity index (χ2n) is 5.72. The molecule has 0 aliphatic heterocycles. The van der Waals surface area contributed by atoms with E-state index < -0.39 is 11.7 Å². The summed E-state index contributed by atoms with van der Waals surface area (Å²) in [6.45, 7) is 4.92. The zero-order valence-electron chi connectivity index (χ0n) is 12.7. The second kappa shape index (κ2) is 6.78. The summed E-state index contributed by atoms with van der Waals surface area (Å²) < 4.78 is 14.1. The Labute approximate surface area is 125 Å². The summed E-state index contributed by atoms with van der Waals surface area (Å²) in [6.07, 6.45) is 4.26. The number of hydrogen-bond acceptors (Lipinski definition) is 3. The molecule has 4 N–H and O–H groups in total. The molecule has 1 saturated carbocycles. The molecule has 0 heterocycles. The molecule has 4 nitrogen and oxygen atoms in total. The van der Waals surface area contributed by atoms with Crippen molar-refractivity contribution in [1.82, 2.24) is 0 Å². The Morgan fingerprint density at radius 3 is 2.52 bits per heavy atom. The third-order valence-electron chi connectivity index (χ3n) is 4.00. The number of benzene rings is 1. The molecule has 5 heteroatoms. The molecule has 1 aliphatic rings. The lowest BCUT2D eigenvalue weighted by atomic mass is 10.1. The highest BCUT2D eigenvalue weighted by molar-refractivity contribution is 5.99. The summed E-state index contributed by atoms with van der Waals surface area (Å²) >= 11 is 0. The number of halogens is 1. The van der Waals surface area contributed by atoms with E-state index >= 15 is 0 Å². The van der Waals surface area contributed by atoms with Gasteiger partial charge in [-0.2, -0.15) is 0 Å². The van der Waals surface area contributed by atoms with Crippen LogP contribution in [0.15, 0.2) is 12.1 Å². The number of anilines is 2. The first kappa shape index (κ1) is 15.6. The topological polar surface area (TPSA) is 67.2 Å². The molecule has 0 bridgehead atoms.